The number of rotatable bonds is 5. The van der Waals surface area contributed by atoms with Crippen molar-refractivity contribution in [2.24, 2.45) is 5.92 Å². The minimum absolute atomic E-state index is 0.187. The first kappa shape index (κ1) is 14.6. The molecule has 1 nitrogen and oxygen atoms in total. The molecule has 1 aliphatic carbocycles. The maximum absolute atomic E-state index is 10.3. The third-order valence-corrected chi connectivity index (χ3v) is 4.92. The second kappa shape index (κ2) is 7.09. The molecule has 0 spiro atoms. The number of fused-ring (bicyclic) bond motifs is 1. The Labute approximate surface area is 128 Å². The van der Waals surface area contributed by atoms with Gasteiger partial charge in [0.15, 0.2) is 0 Å². The van der Waals surface area contributed by atoms with Gasteiger partial charge in [0.1, 0.15) is 0 Å². The Bertz CT molecular complexity index is 569. The van der Waals surface area contributed by atoms with Crippen molar-refractivity contribution in [3.05, 3.63) is 48.0 Å². The predicted octanol–water partition coefficient (Wildman–Crippen LogP) is 5.10. The molecule has 0 amide bonds. The molecule has 0 radical (unpaired) electrons. The zero-order valence-electron chi connectivity index (χ0n) is 12.8. The Morgan fingerprint density at radius 1 is 0.952 bits per heavy atom. The van der Waals surface area contributed by atoms with Crippen molar-refractivity contribution in [3.63, 3.8) is 0 Å². The summed E-state index contributed by atoms with van der Waals surface area (Å²) in [6.45, 7) is 0. The summed E-state index contributed by atoms with van der Waals surface area (Å²) in [7, 11) is 0. The maximum Gasteiger partial charge on any atom is 0.0580 e. The van der Waals surface area contributed by atoms with Gasteiger partial charge >= 0.3 is 0 Å². The fourth-order valence-corrected chi connectivity index (χ4v) is 3.64. The minimum atomic E-state index is -0.187. The van der Waals surface area contributed by atoms with E-state index < -0.39 is 0 Å². The van der Waals surface area contributed by atoms with Crippen LogP contribution in [-0.2, 0) is 6.42 Å². The molecular formula is C20H26O. The molecule has 3 rings (SSSR count). The Morgan fingerprint density at radius 3 is 2.52 bits per heavy atom. The van der Waals surface area contributed by atoms with Crippen LogP contribution in [0.2, 0.25) is 0 Å². The van der Waals surface area contributed by atoms with Crippen molar-refractivity contribution in [1.29, 1.82) is 0 Å². The molecule has 1 fully saturated rings. The molecule has 2 aromatic rings. The van der Waals surface area contributed by atoms with Gasteiger partial charge in [0.25, 0.3) is 0 Å². The first-order valence-corrected chi connectivity index (χ1v) is 8.47. The Balaban J connectivity index is 1.54. The highest BCUT2D eigenvalue weighted by molar-refractivity contribution is 5.82. The van der Waals surface area contributed by atoms with E-state index >= 15 is 0 Å². The molecule has 0 saturated heterocycles. The number of aliphatic hydroxyl groups excluding tert-OH is 1. The van der Waals surface area contributed by atoms with Gasteiger partial charge in [-0.1, -0.05) is 74.6 Å². The smallest absolute Gasteiger partial charge is 0.0580 e. The zero-order chi connectivity index (χ0) is 14.5. The summed E-state index contributed by atoms with van der Waals surface area (Å²) in [6.07, 6.45) is 9.72. The average Bonchev–Trinajstić information content (AvgIpc) is 2.54. The van der Waals surface area contributed by atoms with Gasteiger partial charge in [0.05, 0.1) is 6.10 Å². The molecule has 1 aliphatic rings. The second-order valence-corrected chi connectivity index (χ2v) is 6.62. The lowest BCUT2D eigenvalue weighted by Crippen LogP contribution is -2.14. The molecule has 0 heterocycles. The molecule has 0 aromatic heterocycles. The Morgan fingerprint density at radius 2 is 1.71 bits per heavy atom. The molecule has 1 saturated carbocycles. The number of hydrogen-bond donors (Lipinski definition) is 1. The van der Waals surface area contributed by atoms with Crippen LogP contribution >= 0.6 is 0 Å². The standard InChI is InChI=1S/C20H26O/c21-20(13-11-16-6-2-1-3-7-16)15-17-10-12-18-8-4-5-9-19(18)14-17/h4-5,8-10,12,14,16,20-21H,1-3,6-7,11,13,15H2. The largest absolute Gasteiger partial charge is 0.393 e. The molecule has 1 atom stereocenters. The summed E-state index contributed by atoms with van der Waals surface area (Å²) in [5, 5.41) is 12.9. The molecule has 1 N–H and O–H groups in total. The van der Waals surface area contributed by atoms with E-state index in [2.05, 4.69) is 42.5 Å². The quantitative estimate of drug-likeness (QED) is 0.808. The fourth-order valence-electron chi connectivity index (χ4n) is 3.64. The van der Waals surface area contributed by atoms with Crippen LogP contribution in [-0.4, -0.2) is 11.2 Å². The summed E-state index contributed by atoms with van der Waals surface area (Å²) in [6, 6.07) is 15.0. The topological polar surface area (TPSA) is 20.2 Å². The molecule has 2 aromatic carbocycles. The molecule has 1 heteroatoms. The number of aliphatic hydroxyl groups is 1. The summed E-state index contributed by atoms with van der Waals surface area (Å²) in [4.78, 5) is 0. The highest BCUT2D eigenvalue weighted by atomic mass is 16.3. The van der Waals surface area contributed by atoms with Crippen LogP contribution in [0.3, 0.4) is 0 Å². The van der Waals surface area contributed by atoms with Crippen LogP contribution in [0.15, 0.2) is 42.5 Å². The first-order chi connectivity index (χ1) is 10.3. The van der Waals surface area contributed by atoms with E-state index in [1.165, 1.54) is 54.9 Å². The monoisotopic (exact) mass is 282 g/mol. The van der Waals surface area contributed by atoms with E-state index in [4.69, 9.17) is 0 Å². The van der Waals surface area contributed by atoms with Crippen molar-refractivity contribution in [2.45, 2.75) is 57.5 Å². The Kier molecular flexibility index (Phi) is 4.92. The minimum Gasteiger partial charge on any atom is -0.393 e. The predicted molar refractivity (Wildman–Crippen MR) is 89.5 cm³/mol. The van der Waals surface area contributed by atoms with Crippen molar-refractivity contribution in [3.8, 4) is 0 Å². The van der Waals surface area contributed by atoms with E-state index in [0.29, 0.717) is 0 Å². The summed E-state index contributed by atoms with van der Waals surface area (Å²) in [5.41, 5.74) is 1.25. The molecule has 0 aliphatic heterocycles. The van der Waals surface area contributed by atoms with Crippen molar-refractivity contribution in [2.75, 3.05) is 0 Å². The van der Waals surface area contributed by atoms with Crippen LogP contribution in [0.1, 0.15) is 50.5 Å². The van der Waals surface area contributed by atoms with Crippen molar-refractivity contribution >= 4 is 10.8 Å². The van der Waals surface area contributed by atoms with Gasteiger partial charge < -0.3 is 5.11 Å². The lowest BCUT2D eigenvalue weighted by Gasteiger charge is -2.22. The van der Waals surface area contributed by atoms with E-state index in [0.717, 1.165) is 18.8 Å². The lowest BCUT2D eigenvalue weighted by molar-refractivity contribution is 0.149. The van der Waals surface area contributed by atoms with Crippen LogP contribution in [0.4, 0.5) is 0 Å². The van der Waals surface area contributed by atoms with E-state index in [1.54, 1.807) is 0 Å². The highest BCUT2D eigenvalue weighted by Crippen LogP contribution is 2.28. The van der Waals surface area contributed by atoms with Crippen molar-refractivity contribution < 1.29 is 5.11 Å². The first-order valence-electron chi connectivity index (χ1n) is 8.47. The zero-order valence-corrected chi connectivity index (χ0v) is 12.8. The molecular weight excluding hydrogens is 256 g/mol. The summed E-state index contributed by atoms with van der Waals surface area (Å²) in [5.74, 6) is 0.866. The lowest BCUT2D eigenvalue weighted by atomic mass is 9.85. The third kappa shape index (κ3) is 4.07. The van der Waals surface area contributed by atoms with Gasteiger partial charge in [-0.2, -0.15) is 0 Å². The summed E-state index contributed by atoms with van der Waals surface area (Å²) >= 11 is 0. The van der Waals surface area contributed by atoms with Gasteiger partial charge in [-0.05, 0) is 41.5 Å². The van der Waals surface area contributed by atoms with Crippen molar-refractivity contribution in [1.82, 2.24) is 0 Å². The van der Waals surface area contributed by atoms with E-state index in [9.17, 15) is 5.11 Å². The van der Waals surface area contributed by atoms with Crippen LogP contribution in [0.25, 0.3) is 10.8 Å². The van der Waals surface area contributed by atoms with Gasteiger partial charge in [-0.15, -0.1) is 0 Å². The van der Waals surface area contributed by atoms with Gasteiger partial charge in [0, 0.05) is 0 Å². The molecule has 112 valence electrons. The number of benzene rings is 2. The van der Waals surface area contributed by atoms with Crippen LogP contribution in [0, 0.1) is 5.92 Å². The van der Waals surface area contributed by atoms with E-state index in [1.807, 2.05) is 0 Å². The van der Waals surface area contributed by atoms with Crippen LogP contribution < -0.4 is 0 Å². The molecule has 1 unspecified atom stereocenters. The maximum atomic E-state index is 10.3. The summed E-state index contributed by atoms with van der Waals surface area (Å²) < 4.78 is 0. The molecule has 0 bridgehead atoms. The average molecular weight is 282 g/mol. The second-order valence-electron chi connectivity index (χ2n) is 6.62. The Hall–Kier alpha value is -1.34. The van der Waals surface area contributed by atoms with Gasteiger partial charge in [-0.25, -0.2) is 0 Å². The molecule has 21 heavy (non-hydrogen) atoms. The van der Waals surface area contributed by atoms with E-state index in [-0.39, 0.29) is 6.10 Å². The van der Waals surface area contributed by atoms with Crippen LogP contribution in [0.5, 0.6) is 0 Å². The van der Waals surface area contributed by atoms with Gasteiger partial charge in [-0.3, -0.25) is 0 Å². The normalized spacial score (nSPS) is 18.0. The van der Waals surface area contributed by atoms with Gasteiger partial charge in [0.2, 0.25) is 0 Å². The fraction of sp³-hybridized carbons (Fsp3) is 0.500. The third-order valence-electron chi connectivity index (χ3n) is 4.92. The highest BCUT2D eigenvalue weighted by Gasteiger charge is 2.15. The number of hydrogen-bond acceptors (Lipinski definition) is 1. The SMILES string of the molecule is OC(CCC1CCCCC1)Cc1ccc2ccccc2c1.